The first-order valence-corrected chi connectivity index (χ1v) is 15.3. The molecule has 0 radical (unpaired) electrons. The Bertz CT molecular complexity index is 1120. The van der Waals surface area contributed by atoms with Crippen LogP contribution in [0.5, 0.6) is 0 Å². The molecule has 5 rings (SSSR count). The number of benzene rings is 1. The molecule has 0 aliphatic heterocycles. The molecule has 0 saturated heterocycles. The minimum atomic E-state index is -1.32. The molecule has 1 aromatic rings. The molecule has 208 valence electrons. The van der Waals surface area contributed by atoms with Crippen LogP contribution in [0, 0.1) is 38.1 Å². The van der Waals surface area contributed by atoms with Crippen LogP contribution < -0.4 is 0 Å². The molecule has 6 nitrogen and oxygen atoms in total. The second-order valence-corrected chi connectivity index (χ2v) is 14.2. The summed E-state index contributed by atoms with van der Waals surface area (Å²) >= 11 is 2.25. The number of carbonyl (C=O) groups excluding carboxylic acids is 3. The summed E-state index contributed by atoms with van der Waals surface area (Å²) in [5, 5.41) is 11.6. The fourth-order valence-corrected chi connectivity index (χ4v) is 9.85. The van der Waals surface area contributed by atoms with E-state index in [1.807, 2.05) is 24.3 Å². The summed E-state index contributed by atoms with van der Waals surface area (Å²) in [5.41, 5.74) is -0.842. The Kier molecular flexibility index (Phi) is 7.51. The molecule has 0 aromatic heterocycles. The minimum absolute atomic E-state index is 0.0536. The number of Topliss-reactive ketones (excluding diaryl/α,β-unsaturated/α-hetero) is 1. The zero-order valence-corrected chi connectivity index (χ0v) is 25.2. The van der Waals surface area contributed by atoms with Gasteiger partial charge < -0.3 is 14.6 Å². The average Bonchev–Trinajstić information content (AvgIpc) is 3.11. The van der Waals surface area contributed by atoms with Gasteiger partial charge in [0.25, 0.3) is 0 Å². The molecule has 4 saturated carbocycles. The van der Waals surface area contributed by atoms with E-state index in [4.69, 9.17) is 9.47 Å². The van der Waals surface area contributed by atoms with Crippen molar-refractivity contribution < 1.29 is 29.0 Å². The lowest BCUT2D eigenvalue weighted by molar-refractivity contribution is -0.207. The van der Waals surface area contributed by atoms with E-state index >= 15 is 0 Å². The van der Waals surface area contributed by atoms with E-state index in [0.717, 1.165) is 54.1 Å². The number of fused-ring (bicyclic) bond motifs is 5. The Morgan fingerprint density at radius 2 is 1.74 bits per heavy atom. The molecule has 38 heavy (non-hydrogen) atoms. The van der Waals surface area contributed by atoms with E-state index in [1.165, 1.54) is 13.8 Å². The molecule has 0 bridgehead atoms. The molecule has 0 spiro atoms. The summed E-state index contributed by atoms with van der Waals surface area (Å²) in [5.74, 6) is 0.240. The molecule has 1 aromatic carbocycles. The van der Waals surface area contributed by atoms with Crippen molar-refractivity contribution in [1.82, 2.24) is 0 Å². The predicted octanol–water partition coefficient (Wildman–Crippen LogP) is 5.65. The molecular formula is C31H41IO6. The first kappa shape index (κ1) is 28.1. The molecule has 4 fully saturated rings. The van der Waals surface area contributed by atoms with Crippen LogP contribution in [0.1, 0.15) is 84.6 Å². The summed E-state index contributed by atoms with van der Waals surface area (Å²) < 4.78 is 13.1. The number of rotatable bonds is 5. The van der Waals surface area contributed by atoms with Crippen molar-refractivity contribution in [3.05, 3.63) is 33.4 Å². The van der Waals surface area contributed by atoms with Gasteiger partial charge in [0.2, 0.25) is 0 Å². The molecule has 9 atom stereocenters. The fourth-order valence-electron chi connectivity index (χ4n) is 9.24. The number of carbonyl (C=O) groups is 3. The Morgan fingerprint density at radius 1 is 1.00 bits per heavy atom. The van der Waals surface area contributed by atoms with Gasteiger partial charge in [-0.2, -0.15) is 0 Å². The van der Waals surface area contributed by atoms with Gasteiger partial charge in [-0.25, -0.2) is 0 Å². The number of esters is 2. The molecular weight excluding hydrogens is 595 g/mol. The largest absolute Gasteiger partial charge is 0.463 e. The number of hydrogen-bond acceptors (Lipinski definition) is 6. The second kappa shape index (κ2) is 10.2. The normalized spacial score (nSPS) is 41.8. The third-order valence-corrected chi connectivity index (χ3v) is 11.9. The molecule has 4 aliphatic carbocycles. The van der Waals surface area contributed by atoms with Crippen molar-refractivity contribution in [1.29, 1.82) is 0 Å². The third kappa shape index (κ3) is 4.63. The van der Waals surface area contributed by atoms with Gasteiger partial charge >= 0.3 is 11.9 Å². The van der Waals surface area contributed by atoms with Crippen LogP contribution in [0.4, 0.5) is 0 Å². The van der Waals surface area contributed by atoms with Crippen LogP contribution in [0.15, 0.2) is 24.3 Å². The third-order valence-electron chi connectivity index (χ3n) is 11.2. The topological polar surface area (TPSA) is 89.9 Å². The number of hydrogen-bond donors (Lipinski definition) is 1. The van der Waals surface area contributed by atoms with E-state index in [0.29, 0.717) is 12.3 Å². The first-order valence-electron chi connectivity index (χ1n) is 14.2. The van der Waals surface area contributed by atoms with Crippen LogP contribution in [-0.2, 0) is 30.3 Å². The number of ether oxygens (including phenoxy) is 2. The van der Waals surface area contributed by atoms with Crippen LogP contribution in [0.25, 0.3) is 0 Å². The van der Waals surface area contributed by atoms with Gasteiger partial charge in [0.15, 0.2) is 5.78 Å². The monoisotopic (exact) mass is 636 g/mol. The Hall–Kier alpha value is -1.48. The minimum Gasteiger partial charge on any atom is -0.463 e. The van der Waals surface area contributed by atoms with Gasteiger partial charge in [-0.15, -0.1) is 0 Å². The Morgan fingerprint density at radius 3 is 2.42 bits per heavy atom. The van der Waals surface area contributed by atoms with Gasteiger partial charge in [0.05, 0.1) is 6.42 Å². The Balaban J connectivity index is 1.46. The predicted molar refractivity (Wildman–Crippen MR) is 151 cm³/mol. The zero-order valence-electron chi connectivity index (χ0n) is 23.0. The first-order chi connectivity index (χ1) is 17.9. The molecule has 0 amide bonds. The van der Waals surface area contributed by atoms with E-state index in [9.17, 15) is 19.5 Å². The van der Waals surface area contributed by atoms with Crippen molar-refractivity contribution in [2.45, 2.75) is 103 Å². The quantitative estimate of drug-likeness (QED) is 0.332. The van der Waals surface area contributed by atoms with Gasteiger partial charge in [0, 0.05) is 21.8 Å². The number of aliphatic hydroxyl groups is 1. The number of ketones is 1. The summed E-state index contributed by atoms with van der Waals surface area (Å²) in [6, 6.07) is 7.92. The maximum Gasteiger partial charge on any atom is 0.310 e. The van der Waals surface area contributed by atoms with Crippen LogP contribution in [0.2, 0.25) is 0 Å². The highest BCUT2D eigenvalue weighted by Crippen LogP contribution is 2.68. The van der Waals surface area contributed by atoms with E-state index in [1.54, 1.807) is 0 Å². The molecule has 0 heterocycles. The zero-order chi connectivity index (χ0) is 27.5. The van der Waals surface area contributed by atoms with E-state index in [2.05, 4.69) is 36.4 Å². The summed E-state index contributed by atoms with van der Waals surface area (Å²) in [7, 11) is 0. The van der Waals surface area contributed by atoms with Gasteiger partial charge in [-0.3, -0.25) is 14.4 Å². The van der Waals surface area contributed by atoms with Crippen molar-refractivity contribution in [2.75, 3.05) is 0 Å². The van der Waals surface area contributed by atoms with Gasteiger partial charge in [-0.05, 0) is 122 Å². The molecule has 0 unspecified atom stereocenters. The molecule has 1 N–H and O–H groups in total. The lowest BCUT2D eigenvalue weighted by Gasteiger charge is -2.63. The van der Waals surface area contributed by atoms with E-state index in [-0.39, 0.29) is 59.5 Å². The summed E-state index contributed by atoms with van der Waals surface area (Å²) in [6.07, 6.45) is 6.17. The SMILES string of the molecule is CC(=O)O[C@@H]1CC[C@@]2(C)[C@H](C1)C[C@@H](OC(=O)Cc1cccc(I)c1)[C@H]1[C@H]2CC[C@@]2(C)[C@H]1CC[C@]2(O)C(C)=O. The summed E-state index contributed by atoms with van der Waals surface area (Å²) in [6.45, 7) is 7.47. The molecule has 7 heteroatoms. The standard InChI is InChI=1S/C31H41IO6/c1-18(33)31(36)13-10-25-28-24(9-12-30(25,31)4)29(3)11-8-23(37-19(2)34)16-21(29)17-26(28)38-27(35)15-20-6-5-7-22(32)14-20/h5-7,14,21,23-26,28,36H,8-13,15-17H2,1-4H3/t21-,23-,24-,25+,26-,28+,29+,30+,31+/m1/s1. The average molecular weight is 637 g/mol. The van der Waals surface area contributed by atoms with Gasteiger partial charge in [0.1, 0.15) is 17.8 Å². The fraction of sp³-hybridized carbons (Fsp3) is 0.710. The highest BCUT2D eigenvalue weighted by atomic mass is 127. The van der Waals surface area contributed by atoms with Crippen molar-refractivity contribution in [2.24, 2.45) is 34.5 Å². The van der Waals surface area contributed by atoms with E-state index < -0.39 is 11.0 Å². The van der Waals surface area contributed by atoms with Crippen molar-refractivity contribution in [3.8, 4) is 0 Å². The van der Waals surface area contributed by atoms with Crippen LogP contribution in [-0.4, -0.2) is 40.6 Å². The lowest BCUT2D eigenvalue weighted by atomic mass is 9.43. The van der Waals surface area contributed by atoms with Gasteiger partial charge in [-0.1, -0.05) is 26.0 Å². The van der Waals surface area contributed by atoms with Crippen molar-refractivity contribution >= 4 is 40.3 Å². The molecule has 4 aliphatic rings. The Labute approximate surface area is 239 Å². The maximum absolute atomic E-state index is 13.3. The number of halogens is 1. The van der Waals surface area contributed by atoms with Crippen LogP contribution in [0.3, 0.4) is 0 Å². The second-order valence-electron chi connectivity index (χ2n) is 13.0. The van der Waals surface area contributed by atoms with Crippen molar-refractivity contribution in [3.63, 3.8) is 0 Å². The highest BCUT2D eigenvalue weighted by Gasteiger charge is 2.68. The maximum atomic E-state index is 13.3. The summed E-state index contributed by atoms with van der Waals surface area (Å²) in [4.78, 5) is 37.8. The highest BCUT2D eigenvalue weighted by molar-refractivity contribution is 14.1. The smallest absolute Gasteiger partial charge is 0.310 e. The lowest BCUT2D eigenvalue weighted by Crippen LogP contribution is -2.62. The van der Waals surface area contributed by atoms with Crippen LogP contribution >= 0.6 is 22.6 Å².